The molecule has 11 nitrogen and oxygen atoms in total. The van der Waals surface area contributed by atoms with Crippen LogP contribution in [0.4, 0.5) is 13.2 Å². The van der Waals surface area contributed by atoms with Crippen LogP contribution in [-0.2, 0) is 10.9 Å². The Morgan fingerprint density at radius 2 is 1.89 bits per heavy atom. The third kappa shape index (κ3) is 4.69. The molecule has 0 spiro atoms. The van der Waals surface area contributed by atoms with Crippen LogP contribution in [0.25, 0.3) is 16.4 Å². The maximum atomic E-state index is 13.9. The number of alkyl halides is 3. The molecule has 0 saturated carbocycles. The Kier molecular flexibility index (Phi) is 7.00. The molecule has 0 amide bonds. The van der Waals surface area contributed by atoms with Crippen LogP contribution in [0.15, 0.2) is 29.8 Å². The molecule has 1 aliphatic rings. The molecule has 0 radical (unpaired) electrons. The lowest BCUT2D eigenvalue weighted by atomic mass is 9.92. The van der Waals surface area contributed by atoms with Gasteiger partial charge in [-0.1, -0.05) is 16.8 Å². The molecule has 0 aliphatic carbocycles. The van der Waals surface area contributed by atoms with Gasteiger partial charge in [0.25, 0.3) is 0 Å². The molecule has 4 heterocycles. The molecule has 202 valence electrons. The molecule has 1 aliphatic heterocycles. The van der Waals surface area contributed by atoms with Crippen LogP contribution >= 0.6 is 22.9 Å². The number of hydrogen-bond acceptors (Lipinski definition) is 10. The minimum atomic E-state index is -4.74. The Morgan fingerprint density at radius 1 is 1.13 bits per heavy atom. The van der Waals surface area contributed by atoms with Gasteiger partial charge in [-0.15, -0.1) is 26.6 Å². The first kappa shape index (κ1) is 26.6. The number of ether oxygens (including phenoxy) is 1. The number of halogens is 4. The van der Waals surface area contributed by atoms with E-state index in [2.05, 4.69) is 25.5 Å². The van der Waals surface area contributed by atoms with Gasteiger partial charge >= 0.3 is 6.18 Å². The van der Waals surface area contributed by atoms with Crippen molar-refractivity contribution in [3.63, 3.8) is 0 Å². The molecule has 3 aromatic heterocycles. The summed E-state index contributed by atoms with van der Waals surface area (Å²) in [5.74, 6) is -0.122. The summed E-state index contributed by atoms with van der Waals surface area (Å²) in [6.07, 6.45) is -8.96. The van der Waals surface area contributed by atoms with Crippen molar-refractivity contribution in [1.82, 2.24) is 34.7 Å². The lowest BCUT2D eigenvalue weighted by Crippen LogP contribution is -2.53. The van der Waals surface area contributed by atoms with Gasteiger partial charge < -0.3 is 20.1 Å². The minimum Gasteiger partial charge on any atom is -0.394 e. The summed E-state index contributed by atoms with van der Waals surface area (Å²) in [6.45, 7) is 2.59. The van der Waals surface area contributed by atoms with E-state index in [0.717, 1.165) is 28.5 Å². The van der Waals surface area contributed by atoms with Crippen molar-refractivity contribution in [3.05, 3.63) is 57.7 Å². The van der Waals surface area contributed by atoms with E-state index in [-0.39, 0.29) is 22.4 Å². The third-order valence-corrected chi connectivity index (χ3v) is 7.37. The van der Waals surface area contributed by atoms with E-state index >= 15 is 0 Å². The summed E-state index contributed by atoms with van der Waals surface area (Å²) in [5.41, 5.74) is -0.214. The zero-order valence-corrected chi connectivity index (χ0v) is 21.4. The zero-order chi connectivity index (χ0) is 27.4. The molecule has 0 unspecified atom stereocenters. The average Bonchev–Trinajstić information content (AvgIpc) is 3.59. The SMILES string of the molecule is Cc1csc(-c2cn([C@H]3[C@@H](O)[C@@H](CO)O[C@@H](c4nnc(C)n4-c4cc(Cl)ccc4C(F)(F)F)[C@@H]3O)nn2)n1. The second-order valence-electron chi connectivity index (χ2n) is 8.73. The number of aliphatic hydroxyl groups excluding tert-OH is 3. The Bertz CT molecular complexity index is 1460. The van der Waals surface area contributed by atoms with Gasteiger partial charge in [0.05, 0.1) is 24.1 Å². The number of benzene rings is 1. The highest BCUT2D eigenvalue weighted by Crippen LogP contribution is 2.41. The maximum Gasteiger partial charge on any atom is 0.418 e. The quantitative estimate of drug-likeness (QED) is 0.329. The average molecular weight is 572 g/mol. The molecule has 3 N–H and O–H groups in total. The zero-order valence-electron chi connectivity index (χ0n) is 19.8. The van der Waals surface area contributed by atoms with E-state index in [1.54, 1.807) is 0 Å². The molecule has 5 rings (SSSR count). The van der Waals surface area contributed by atoms with Crippen LogP contribution in [0.1, 0.15) is 35.1 Å². The number of nitrogens with zero attached hydrogens (tertiary/aromatic N) is 7. The maximum absolute atomic E-state index is 13.9. The lowest BCUT2D eigenvalue weighted by molar-refractivity contribution is -0.210. The number of thiazole rings is 1. The van der Waals surface area contributed by atoms with Crippen LogP contribution < -0.4 is 0 Å². The normalized spacial score (nSPS) is 24.2. The van der Waals surface area contributed by atoms with E-state index in [1.807, 2.05) is 12.3 Å². The molecule has 1 aromatic carbocycles. The van der Waals surface area contributed by atoms with Crippen molar-refractivity contribution in [2.45, 2.75) is 50.5 Å². The summed E-state index contributed by atoms with van der Waals surface area (Å²) >= 11 is 7.37. The van der Waals surface area contributed by atoms with E-state index in [0.29, 0.717) is 10.7 Å². The Hall–Kier alpha value is -2.95. The molecular weight excluding hydrogens is 551 g/mol. The van der Waals surface area contributed by atoms with E-state index in [1.165, 1.54) is 29.1 Å². The predicted octanol–water partition coefficient (Wildman–Crippen LogP) is 2.67. The van der Waals surface area contributed by atoms with Gasteiger partial charge in [-0.05, 0) is 32.0 Å². The van der Waals surface area contributed by atoms with Crippen LogP contribution in [0.3, 0.4) is 0 Å². The monoisotopic (exact) mass is 571 g/mol. The summed E-state index contributed by atoms with van der Waals surface area (Å²) < 4.78 is 49.7. The second-order valence-corrected chi connectivity index (χ2v) is 10.0. The van der Waals surface area contributed by atoms with Crippen molar-refractivity contribution < 1.29 is 33.2 Å². The van der Waals surface area contributed by atoms with Crippen LogP contribution in [-0.4, -0.2) is 75.0 Å². The molecule has 1 fully saturated rings. The summed E-state index contributed by atoms with van der Waals surface area (Å²) in [6, 6.07) is 1.84. The van der Waals surface area contributed by atoms with Crippen LogP contribution in [0.5, 0.6) is 0 Å². The topological polar surface area (TPSA) is 144 Å². The fourth-order valence-corrected chi connectivity index (χ4v) is 5.32. The number of hydrogen-bond donors (Lipinski definition) is 3. The first-order valence-electron chi connectivity index (χ1n) is 11.3. The highest BCUT2D eigenvalue weighted by Gasteiger charge is 2.49. The third-order valence-electron chi connectivity index (χ3n) is 6.16. The number of aryl methyl sites for hydroxylation is 2. The van der Waals surface area contributed by atoms with E-state index in [4.69, 9.17) is 16.3 Å². The first-order valence-corrected chi connectivity index (χ1v) is 12.5. The predicted molar refractivity (Wildman–Crippen MR) is 128 cm³/mol. The minimum absolute atomic E-state index is 0.0336. The Morgan fingerprint density at radius 3 is 2.55 bits per heavy atom. The van der Waals surface area contributed by atoms with Gasteiger partial charge in [0, 0.05) is 16.1 Å². The van der Waals surface area contributed by atoms with Crippen molar-refractivity contribution >= 4 is 22.9 Å². The largest absolute Gasteiger partial charge is 0.418 e. The van der Waals surface area contributed by atoms with E-state index in [9.17, 15) is 28.5 Å². The number of rotatable bonds is 5. The van der Waals surface area contributed by atoms with Gasteiger partial charge in [0.15, 0.2) is 5.82 Å². The molecular formula is C22H21ClF3N7O4S. The molecule has 16 heteroatoms. The number of aromatic nitrogens is 7. The molecule has 4 aromatic rings. The van der Waals surface area contributed by atoms with Crippen LogP contribution in [0, 0.1) is 13.8 Å². The summed E-state index contributed by atoms with van der Waals surface area (Å²) in [7, 11) is 0. The van der Waals surface area contributed by atoms with Gasteiger partial charge in [-0.3, -0.25) is 4.57 Å². The first-order chi connectivity index (χ1) is 18.0. The summed E-state index contributed by atoms with van der Waals surface area (Å²) in [4.78, 5) is 4.34. The van der Waals surface area contributed by atoms with Crippen molar-refractivity contribution in [2.24, 2.45) is 0 Å². The second kappa shape index (κ2) is 9.98. The van der Waals surface area contributed by atoms with Crippen molar-refractivity contribution in [1.29, 1.82) is 0 Å². The lowest BCUT2D eigenvalue weighted by Gasteiger charge is -2.41. The molecule has 38 heavy (non-hydrogen) atoms. The summed E-state index contributed by atoms with van der Waals surface area (Å²) in [5, 5.41) is 50.6. The molecule has 1 saturated heterocycles. The highest BCUT2D eigenvalue weighted by atomic mass is 35.5. The van der Waals surface area contributed by atoms with Crippen molar-refractivity contribution in [3.8, 4) is 16.4 Å². The molecule has 0 bridgehead atoms. The van der Waals surface area contributed by atoms with E-state index < -0.39 is 48.8 Å². The van der Waals surface area contributed by atoms with Gasteiger partial charge in [0.2, 0.25) is 0 Å². The fraction of sp³-hybridized carbons (Fsp3) is 0.409. The standard InChI is InChI=1S/C22H21ClF3N7O4S/c1-9-8-38-21(27-9)13-6-32(31-29-13)16-17(35)15(7-34)37-19(18(16)36)20-30-28-10(2)33(20)14-5-11(23)3-4-12(14)22(24,25)26/h3-6,8,15-19,34-36H,7H2,1-2H3/t15-,16+,17+,18-,19-/m1/s1. The highest BCUT2D eigenvalue weighted by molar-refractivity contribution is 7.13. The molecule has 5 atom stereocenters. The fourth-order valence-electron chi connectivity index (χ4n) is 4.41. The van der Waals surface area contributed by atoms with Crippen LogP contribution in [0.2, 0.25) is 5.02 Å². The van der Waals surface area contributed by atoms with Gasteiger partial charge in [-0.2, -0.15) is 13.2 Å². The van der Waals surface area contributed by atoms with Gasteiger partial charge in [-0.25, -0.2) is 9.67 Å². The smallest absolute Gasteiger partial charge is 0.394 e. The Labute approximate surface area is 222 Å². The Balaban J connectivity index is 1.59. The van der Waals surface area contributed by atoms with Gasteiger partial charge in [0.1, 0.15) is 47.0 Å². The number of aliphatic hydroxyl groups is 3. The van der Waals surface area contributed by atoms with Crippen molar-refractivity contribution in [2.75, 3.05) is 6.61 Å².